The van der Waals surface area contributed by atoms with E-state index < -0.39 is 17.9 Å². The van der Waals surface area contributed by atoms with E-state index in [2.05, 4.69) is 199 Å². The predicted octanol–water partition coefficient (Wildman–Crippen LogP) is 34.0. The highest BCUT2D eigenvalue weighted by Crippen LogP contribution is 2.60. The number of phenolic OH excluding ortho intramolecular Hbond substituents is 2. The fourth-order valence-electron chi connectivity index (χ4n) is 15.9. The van der Waals surface area contributed by atoms with Crippen LogP contribution in [0.2, 0.25) is 10.0 Å². The van der Waals surface area contributed by atoms with Crippen LogP contribution in [0.1, 0.15) is 209 Å². The van der Waals surface area contributed by atoms with E-state index in [1.807, 2.05) is 191 Å². The quantitative estimate of drug-likeness (QED) is 0.0560. The normalized spacial score (nSPS) is 17.5. The minimum absolute atomic E-state index is 0.0565. The second kappa shape index (κ2) is 52.0. The molecule has 6 aliphatic carbocycles. The lowest BCUT2D eigenvalue weighted by molar-refractivity contribution is -0.174. The van der Waals surface area contributed by atoms with Crippen molar-refractivity contribution >= 4 is 213 Å². The Labute approximate surface area is 841 Å². The molecule has 0 atom stereocenters. The number of halogens is 12. The molecule has 2 N–H and O–H groups in total. The zero-order chi connectivity index (χ0) is 92.8. The number of rotatable bonds is 15. The van der Waals surface area contributed by atoms with E-state index in [0.29, 0.717) is 39.5 Å². The summed E-state index contributed by atoms with van der Waals surface area (Å²) in [6, 6.07) is 66.0. The topological polar surface area (TPSA) is 190 Å². The zero-order valence-corrected chi connectivity index (χ0v) is 89.7. The van der Waals surface area contributed by atoms with E-state index >= 15 is 0 Å². The highest BCUT2D eigenvalue weighted by atomic mass is 79.9. The fourth-order valence-corrected chi connectivity index (χ4v) is 21.7. The van der Waals surface area contributed by atoms with Gasteiger partial charge in [0.1, 0.15) is 47.3 Å². The summed E-state index contributed by atoms with van der Waals surface area (Å²) in [6.45, 7) is 18.0. The minimum atomic E-state index is -0.871. The molecule has 10 aromatic carbocycles. The Kier molecular flexibility index (Phi) is 43.6. The molecule has 0 saturated heterocycles. The molecular weight excluding hydrogens is 2310 g/mol. The Bertz CT molecular complexity index is 5120. The van der Waals surface area contributed by atoms with E-state index in [0.717, 1.165) is 147 Å². The lowest BCUT2D eigenvalue weighted by Gasteiger charge is -2.58. The molecule has 0 radical (unpaired) electrons. The Hall–Kier alpha value is -5.87. The van der Waals surface area contributed by atoms with Gasteiger partial charge in [0.15, 0.2) is 5.60 Å². The van der Waals surface area contributed by atoms with Gasteiger partial charge < -0.3 is 43.4 Å². The van der Waals surface area contributed by atoms with Gasteiger partial charge in [-0.05, 0) is 336 Å². The highest BCUT2D eigenvalue weighted by Gasteiger charge is 2.57. The summed E-state index contributed by atoms with van der Waals surface area (Å²) >= 11 is 44.8. The van der Waals surface area contributed by atoms with E-state index in [4.69, 9.17) is 66.6 Å². The molecule has 4 bridgehead atoms. The summed E-state index contributed by atoms with van der Waals surface area (Å²) in [5, 5.41) is 18.7. The van der Waals surface area contributed by atoms with Crippen LogP contribution < -0.4 is 4.74 Å². The van der Waals surface area contributed by atoms with Gasteiger partial charge in [0.05, 0.1) is 20.6 Å². The van der Waals surface area contributed by atoms with Gasteiger partial charge in [-0.15, -0.1) is 0 Å². The smallest absolute Gasteiger partial charge is 0.508 e. The summed E-state index contributed by atoms with van der Waals surface area (Å²) < 4.78 is 48.2. The van der Waals surface area contributed by atoms with E-state index in [1.165, 1.54) is 82.4 Å². The van der Waals surface area contributed by atoms with E-state index in [1.54, 1.807) is 24.3 Å². The zero-order valence-electron chi connectivity index (χ0n) is 72.3. The third-order valence-corrected chi connectivity index (χ3v) is 29.3. The summed E-state index contributed by atoms with van der Waals surface area (Å²) in [6.07, 6.45) is 17.9. The Balaban J connectivity index is 0.000000185. The van der Waals surface area contributed by atoms with E-state index in [9.17, 15) is 24.0 Å². The third kappa shape index (κ3) is 34.0. The Morgan fingerprint density at radius 3 is 1.34 bits per heavy atom. The molecule has 16 rings (SSSR count). The summed E-state index contributed by atoms with van der Waals surface area (Å²) in [4.78, 5) is 60.1. The number of carbonyl (C=O) groups is 5. The van der Waals surface area contributed by atoms with Gasteiger partial charge in [-0.1, -0.05) is 280 Å². The number of esters is 3. The first kappa shape index (κ1) is 106. The lowest BCUT2D eigenvalue weighted by Crippen LogP contribution is -2.58. The second-order valence-electron chi connectivity index (χ2n) is 32.5. The van der Waals surface area contributed by atoms with Crippen LogP contribution in [0.5, 0.6) is 17.2 Å². The number of aryl methyl sites for hydroxylation is 4. The first-order valence-corrected chi connectivity index (χ1v) is 50.7. The molecule has 0 aromatic heterocycles. The van der Waals surface area contributed by atoms with Crippen LogP contribution in [-0.4, -0.2) is 57.2 Å². The molecule has 6 fully saturated rings. The maximum atomic E-state index is 12.9. The molecule has 6 aliphatic rings. The van der Waals surface area contributed by atoms with Gasteiger partial charge in [-0.25, -0.2) is 19.2 Å². The number of hydrogen-bond acceptors (Lipinski definition) is 14. The first-order valence-electron chi connectivity index (χ1n) is 42.0. The molecule has 127 heavy (non-hydrogen) atoms. The summed E-state index contributed by atoms with van der Waals surface area (Å²) in [7, 11) is 0. The van der Waals surface area contributed by atoms with Crippen molar-refractivity contribution in [1.29, 1.82) is 0 Å². The summed E-state index contributed by atoms with van der Waals surface area (Å²) in [5.74, 6) is 2.81. The lowest BCUT2D eigenvalue weighted by atomic mass is 9.50. The minimum Gasteiger partial charge on any atom is -0.508 e. The van der Waals surface area contributed by atoms with Crippen LogP contribution in [-0.2, 0) is 52.0 Å². The van der Waals surface area contributed by atoms with Crippen LogP contribution in [0.3, 0.4) is 0 Å². The maximum absolute atomic E-state index is 12.9. The van der Waals surface area contributed by atoms with Crippen molar-refractivity contribution in [3.05, 3.63) is 323 Å². The number of aromatic hydroxyl groups is 2. The molecule has 0 unspecified atom stereocenters. The SMILES string of the molecule is CC(=O)Oc1ccc(Br)cc1Br.CC1(OC(=O)OCc2ccc(Br)cc2Br)C2CC3CC(C2)CC1C3.CCC1(OC(=O)OCc2ccc(Br)cc2Br)CCCCC1.CCC1(OC(=O)c2cc(C)cc(Br)c2)CCCCC1.Cc1ccc(Br)cc1.Cc1ccc(Br)cc1O.Cc1ccc(C(=O)OC(C)(c2ccccc2)c2ccccc2)c(Br)c1.Oc1ccc(Cl)cc1Cl. The number of hydrogen-bond donors (Lipinski definition) is 2. The molecule has 10 aromatic rings. The number of ether oxygens (including phenoxy) is 7. The largest absolute Gasteiger partial charge is 0.509 e. The van der Waals surface area contributed by atoms with Gasteiger partial charge in [-0.3, -0.25) is 4.79 Å². The molecule has 678 valence electrons. The molecule has 0 spiro atoms. The van der Waals surface area contributed by atoms with Gasteiger partial charge in [0.2, 0.25) is 0 Å². The molecule has 26 heteroatoms. The van der Waals surface area contributed by atoms with E-state index in [-0.39, 0.29) is 58.7 Å². The van der Waals surface area contributed by atoms with Crippen molar-refractivity contribution < 1.29 is 67.3 Å². The fraction of sp³-hybridized carbons (Fsp3) is 0.356. The van der Waals surface area contributed by atoms with Crippen molar-refractivity contribution in [3.8, 4) is 17.2 Å². The van der Waals surface area contributed by atoms with Crippen molar-refractivity contribution in [2.24, 2.45) is 23.7 Å². The van der Waals surface area contributed by atoms with Crippen LogP contribution in [0.4, 0.5) is 9.59 Å². The molecule has 14 nitrogen and oxygen atoms in total. The number of benzene rings is 10. The molecule has 6 saturated carbocycles. The van der Waals surface area contributed by atoms with Crippen molar-refractivity contribution in [3.63, 3.8) is 0 Å². The first-order chi connectivity index (χ1) is 60.3. The summed E-state index contributed by atoms with van der Waals surface area (Å²) in [5.41, 5.74) is 7.47. The molecule has 0 amide bonds. The van der Waals surface area contributed by atoms with Crippen LogP contribution in [0, 0.1) is 51.4 Å². The van der Waals surface area contributed by atoms with Gasteiger partial charge in [0, 0.05) is 63.3 Å². The maximum Gasteiger partial charge on any atom is 0.509 e. The molecular formula is C101H106Br10Cl2O14. The second-order valence-corrected chi connectivity index (χ2v) is 42.2. The van der Waals surface area contributed by atoms with Gasteiger partial charge in [0.25, 0.3) is 0 Å². The van der Waals surface area contributed by atoms with Crippen molar-refractivity contribution in [2.45, 2.75) is 207 Å². The van der Waals surface area contributed by atoms with Gasteiger partial charge in [-0.2, -0.15) is 0 Å². The van der Waals surface area contributed by atoms with Crippen LogP contribution in [0.25, 0.3) is 0 Å². The Morgan fingerprint density at radius 2 is 0.898 bits per heavy atom. The van der Waals surface area contributed by atoms with Crippen LogP contribution in [0.15, 0.2) is 257 Å². The number of phenols is 2. The molecule has 0 heterocycles. The monoisotopic (exact) mass is 2400 g/mol. The van der Waals surface area contributed by atoms with Gasteiger partial charge >= 0.3 is 30.2 Å². The third-order valence-electron chi connectivity index (χ3n) is 23.0. The predicted molar refractivity (Wildman–Crippen MR) is 543 cm³/mol. The Morgan fingerprint density at radius 1 is 0.433 bits per heavy atom. The average Bonchev–Trinajstić information content (AvgIpc) is 0.731. The molecule has 0 aliphatic heterocycles. The number of carbonyl (C=O) groups excluding carboxylic acids is 5. The van der Waals surface area contributed by atoms with Crippen LogP contribution >= 0.6 is 183 Å². The van der Waals surface area contributed by atoms with Crippen molar-refractivity contribution in [2.75, 3.05) is 0 Å². The van der Waals surface area contributed by atoms with Crippen molar-refractivity contribution in [1.82, 2.24) is 0 Å². The highest BCUT2D eigenvalue weighted by molar-refractivity contribution is 9.12. The standard InChI is InChI=1S/C22H19BrO2.C19H22Br2O3.C16H20Br2O3.C16H21BrO2.C8H6Br2O2.C7H7BrO.C7H7Br.C6H4Cl2O/c1-16-13-14-19(20(23)15-16)21(24)25-22(2,17-9-5-3-6-10-17)18-11-7-4-8-12-18;1-19(14-5-11-4-12(7-14)8-15(19)6-11)24-18(22)23-10-13-2-3-16(20)9-17(13)21;1-2-16(8-4-3-5-9-16)21-15(19)20-11-12-6-7-13(17)10-14(12)18;1-3-16(7-5-4-6-8-16)19-15(18)13-9-12(2)10-14(17)11-13;1-5(11)12-8-3-2-6(9)4-7(8)10;1-5-2-3-6(8)4-7(5)9;1-6-2-4-7(8)5-3-6;7-4-1-2-6(9)5(8)3-4/h3-15H,1-2H3;2-3,9,11-12,14-15H,4-8,10H2,1H3;6-7,10H,2-5,8-9,11H2,1H3;9-11H,3-8H2,1-2H3;2-4H,1H3;2-4,9H,1H3;2-5H,1H3;1-3,9H. The average molecular weight is 2410 g/mol.